The van der Waals surface area contributed by atoms with Crippen molar-refractivity contribution in [3.05, 3.63) is 0 Å². The zero-order valence-corrected chi connectivity index (χ0v) is 6.04. The van der Waals surface area contributed by atoms with Crippen molar-refractivity contribution in [3.63, 3.8) is 0 Å². The van der Waals surface area contributed by atoms with Crippen molar-refractivity contribution >= 4 is 23.0 Å². The van der Waals surface area contributed by atoms with E-state index < -0.39 is 0 Å². The molecule has 2 N–H and O–H groups in total. The van der Waals surface area contributed by atoms with E-state index in [0.717, 1.165) is 19.3 Å². The van der Waals surface area contributed by atoms with Gasteiger partial charge in [-0.3, -0.25) is 5.41 Å². The molecule has 0 fully saturated rings. The zero-order chi connectivity index (χ0) is 7.11. The topological polar surface area (TPSA) is 47.7 Å². The lowest BCUT2D eigenvalue weighted by atomic mass is 10.2. The summed E-state index contributed by atoms with van der Waals surface area (Å²) >= 11 is 5.28. The standard InChI is InChI=1S/C6H11ClN2/c7-6(9)4-2-1-3-5-8/h5,8-9H,1-4H2. The van der Waals surface area contributed by atoms with Crippen LogP contribution in [0.5, 0.6) is 0 Å². The summed E-state index contributed by atoms with van der Waals surface area (Å²) in [6.07, 6.45) is 4.76. The molecular weight excluding hydrogens is 136 g/mol. The molecule has 0 aromatic carbocycles. The van der Waals surface area contributed by atoms with Gasteiger partial charge in [0.25, 0.3) is 0 Å². The van der Waals surface area contributed by atoms with Crippen molar-refractivity contribution in [3.8, 4) is 0 Å². The fourth-order valence-electron chi connectivity index (χ4n) is 0.527. The molecule has 0 aromatic rings. The second kappa shape index (κ2) is 5.76. The summed E-state index contributed by atoms with van der Waals surface area (Å²) in [6.45, 7) is 0. The van der Waals surface area contributed by atoms with Crippen LogP contribution >= 0.6 is 11.6 Å². The lowest BCUT2D eigenvalue weighted by Crippen LogP contribution is -1.84. The molecule has 0 rings (SSSR count). The lowest BCUT2D eigenvalue weighted by molar-refractivity contribution is 0.801. The number of hydrogen-bond acceptors (Lipinski definition) is 2. The molecule has 0 aliphatic rings. The van der Waals surface area contributed by atoms with Gasteiger partial charge in [0, 0.05) is 0 Å². The summed E-state index contributed by atoms with van der Waals surface area (Å²) < 4.78 is 0. The molecule has 0 saturated heterocycles. The molecule has 52 valence electrons. The van der Waals surface area contributed by atoms with Crippen molar-refractivity contribution in [2.75, 3.05) is 0 Å². The van der Waals surface area contributed by atoms with Crippen LogP contribution in [-0.2, 0) is 0 Å². The van der Waals surface area contributed by atoms with Crippen LogP contribution in [0.15, 0.2) is 0 Å². The predicted molar refractivity (Wildman–Crippen MR) is 40.8 cm³/mol. The Morgan fingerprint density at radius 2 is 2.11 bits per heavy atom. The Labute approximate surface area is 60.2 Å². The molecule has 0 radical (unpaired) electrons. The number of unbranched alkanes of at least 4 members (excludes halogenated alkanes) is 2. The molecule has 0 aromatic heterocycles. The van der Waals surface area contributed by atoms with Gasteiger partial charge in [0.1, 0.15) is 0 Å². The van der Waals surface area contributed by atoms with E-state index in [4.69, 9.17) is 22.4 Å². The molecule has 0 heterocycles. The first-order valence-electron chi connectivity index (χ1n) is 2.99. The van der Waals surface area contributed by atoms with Gasteiger partial charge in [-0.1, -0.05) is 11.6 Å². The Morgan fingerprint density at radius 3 is 2.56 bits per heavy atom. The minimum absolute atomic E-state index is 0.222. The number of nitrogens with one attached hydrogen (secondary N) is 2. The highest BCUT2D eigenvalue weighted by Crippen LogP contribution is 2.00. The first kappa shape index (κ1) is 8.63. The molecular formula is C6H11ClN2. The van der Waals surface area contributed by atoms with Gasteiger partial charge in [0.05, 0.1) is 5.17 Å². The molecule has 0 aliphatic carbocycles. The Balaban J connectivity index is 2.91. The third-order valence-corrected chi connectivity index (χ3v) is 1.18. The van der Waals surface area contributed by atoms with Gasteiger partial charge in [-0.2, -0.15) is 0 Å². The van der Waals surface area contributed by atoms with E-state index in [-0.39, 0.29) is 5.17 Å². The monoisotopic (exact) mass is 146 g/mol. The van der Waals surface area contributed by atoms with Gasteiger partial charge in [-0.05, 0) is 31.9 Å². The maximum Gasteiger partial charge on any atom is 0.0968 e. The summed E-state index contributed by atoms with van der Waals surface area (Å²) in [7, 11) is 0. The summed E-state index contributed by atoms with van der Waals surface area (Å²) in [6, 6.07) is 0. The molecule has 9 heavy (non-hydrogen) atoms. The normalized spacial score (nSPS) is 9.00. The molecule has 0 unspecified atom stereocenters. The molecule has 2 nitrogen and oxygen atoms in total. The Bertz CT molecular complexity index is 101. The first-order chi connectivity index (χ1) is 4.27. The lowest BCUT2D eigenvalue weighted by Gasteiger charge is -1.92. The molecule has 0 atom stereocenters. The highest BCUT2D eigenvalue weighted by Gasteiger charge is 1.89. The van der Waals surface area contributed by atoms with Crippen molar-refractivity contribution in [2.24, 2.45) is 0 Å². The second-order valence-corrected chi connectivity index (χ2v) is 2.31. The largest absolute Gasteiger partial charge is 0.313 e. The number of halogens is 1. The smallest absolute Gasteiger partial charge is 0.0968 e. The summed E-state index contributed by atoms with van der Waals surface area (Å²) in [5.41, 5.74) is 0. The van der Waals surface area contributed by atoms with Crippen LogP contribution in [0, 0.1) is 10.8 Å². The molecule has 0 bridgehead atoms. The van der Waals surface area contributed by atoms with E-state index in [1.54, 1.807) is 0 Å². The Hall–Kier alpha value is -0.370. The first-order valence-corrected chi connectivity index (χ1v) is 3.37. The van der Waals surface area contributed by atoms with Crippen molar-refractivity contribution in [2.45, 2.75) is 25.7 Å². The van der Waals surface area contributed by atoms with E-state index in [1.165, 1.54) is 6.21 Å². The van der Waals surface area contributed by atoms with Gasteiger partial charge in [0.2, 0.25) is 0 Å². The van der Waals surface area contributed by atoms with Crippen LogP contribution in [0.4, 0.5) is 0 Å². The Kier molecular flexibility index (Phi) is 5.52. The average Bonchev–Trinajstić information content (AvgIpc) is 1.80. The van der Waals surface area contributed by atoms with Crippen LogP contribution in [-0.4, -0.2) is 11.4 Å². The van der Waals surface area contributed by atoms with Crippen LogP contribution in [0.1, 0.15) is 25.7 Å². The number of rotatable bonds is 5. The van der Waals surface area contributed by atoms with E-state index >= 15 is 0 Å². The van der Waals surface area contributed by atoms with Crippen LogP contribution in [0.3, 0.4) is 0 Å². The van der Waals surface area contributed by atoms with Gasteiger partial charge in [-0.15, -0.1) is 0 Å². The molecule has 0 amide bonds. The van der Waals surface area contributed by atoms with Crippen molar-refractivity contribution in [1.82, 2.24) is 0 Å². The minimum Gasteiger partial charge on any atom is -0.313 e. The van der Waals surface area contributed by atoms with Crippen molar-refractivity contribution in [1.29, 1.82) is 10.8 Å². The van der Waals surface area contributed by atoms with Gasteiger partial charge in [-0.25, -0.2) is 0 Å². The Morgan fingerprint density at radius 1 is 1.44 bits per heavy atom. The fraction of sp³-hybridized carbons (Fsp3) is 0.667. The molecule has 0 aliphatic heterocycles. The minimum atomic E-state index is 0.222. The van der Waals surface area contributed by atoms with E-state index in [2.05, 4.69) is 0 Å². The highest BCUT2D eigenvalue weighted by atomic mass is 35.5. The van der Waals surface area contributed by atoms with Crippen molar-refractivity contribution < 1.29 is 0 Å². The van der Waals surface area contributed by atoms with E-state index in [1.807, 2.05) is 0 Å². The third-order valence-electron chi connectivity index (χ3n) is 0.995. The maximum absolute atomic E-state index is 6.84. The molecule has 0 spiro atoms. The van der Waals surface area contributed by atoms with Gasteiger partial charge in [0.15, 0.2) is 0 Å². The van der Waals surface area contributed by atoms with Crippen LogP contribution < -0.4 is 0 Å². The van der Waals surface area contributed by atoms with E-state index in [0.29, 0.717) is 6.42 Å². The van der Waals surface area contributed by atoms with Crippen LogP contribution in [0.2, 0.25) is 0 Å². The average molecular weight is 147 g/mol. The predicted octanol–water partition coefficient (Wildman–Crippen LogP) is 2.41. The quantitative estimate of drug-likeness (QED) is 0.442. The fourth-order valence-corrected chi connectivity index (χ4v) is 0.660. The number of hydrogen-bond donors (Lipinski definition) is 2. The highest BCUT2D eigenvalue weighted by molar-refractivity contribution is 6.64. The molecule has 0 saturated carbocycles. The molecule has 3 heteroatoms. The van der Waals surface area contributed by atoms with E-state index in [9.17, 15) is 0 Å². The summed E-state index contributed by atoms with van der Waals surface area (Å²) in [5, 5.41) is 13.7. The zero-order valence-electron chi connectivity index (χ0n) is 5.28. The van der Waals surface area contributed by atoms with Gasteiger partial charge >= 0.3 is 0 Å². The van der Waals surface area contributed by atoms with Gasteiger partial charge < -0.3 is 5.41 Å². The second-order valence-electron chi connectivity index (χ2n) is 1.85. The SMILES string of the molecule is N=CCCCCC(=N)Cl. The maximum atomic E-state index is 6.84. The third kappa shape index (κ3) is 7.63. The van der Waals surface area contributed by atoms with Crippen LogP contribution in [0.25, 0.3) is 0 Å². The summed E-state index contributed by atoms with van der Waals surface area (Å²) in [5.74, 6) is 0. The summed E-state index contributed by atoms with van der Waals surface area (Å²) in [4.78, 5) is 0.